The minimum atomic E-state index is -1.25. The smallest absolute Gasteiger partial charge is 0.256 e. The summed E-state index contributed by atoms with van der Waals surface area (Å²) in [6, 6.07) is 1.18. The van der Waals surface area contributed by atoms with Gasteiger partial charge in [-0.2, -0.15) is 4.39 Å². The Morgan fingerprint density at radius 2 is 1.94 bits per heavy atom. The Morgan fingerprint density at radius 3 is 2.56 bits per heavy atom. The molecule has 0 atom stereocenters. The first-order valence-electron chi connectivity index (χ1n) is 5.63. The fourth-order valence-electron chi connectivity index (χ4n) is 1.51. The summed E-state index contributed by atoms with van der Waals surface area (Å²) in [5.74, 6) is -2.97. The molecule has 0 fully saturated rings. The van der Waals surface area contributed by atoms with Gasteiger partial charge < -0.3 is 9.80 Å². The van der Waals surface area contributed by atoms with Crippen LogP contribution >= 0.6 is 0 Å². The maximum atomic E-state index is 13.4. The van der Waals surface area contributed by atoms with Crippen molar-refractivity contribution in [3.63, 3.8) is 0 Å². The van der Waals surface area contributed by atoms with E-state index in [0.717, 1.165) is 19.2 Å². The van der Waals surface area contributed by atoms with Gasteiger partial charge in [0.25, 0.3) is 5.91 Å². The molecular weight excluding hydrogens is 240 g/mol. The second-order valence-corrected chi connectivity index (χ2v) is 4.35. The van der Waals surface area contributed by atoms with Crippen molar-refractivity contribution in [1.29, 1.82) is 0 Å². The van der Waals surface area contributed by atoms with E-state index in [0.29, 0.717) is 6.54 Å². The lowest BCUT2D eigenvalue weighted by molar-refractivity contribution is 0.0784. The molecule has 100 valence electrons. The molecule has 1 aromatic heterocycles. The summed E-state index contributed by atoms with van der Waals surface area (Å²) in [5.41, 5.74) is -0.283. The summed E-state index contributed by atoms with van der Waals surface area (Å²) in [4.78, 5) is 18.4. The molecule has 0 saturated carbocycles. The average molecular weight is 257 g/mol. The number of amides is 1. The summed E-state index contributed by atoms with van der Waals surface area (Å²) >= 11 is 0. The number of carbonyl (C=O) groups excluding carboxylic acids is 1. The predicted molar refractivity (Wildman–Crippen MR) is 64.3 cm³/mol. The van der Waals surface area contributed by atoms with Gasteiger partial charge in [0.15, 0.2) is 5.82 Å². The summed E-state index contributed by atoms with van der Waals surface area (Å²) in [5, 5.41) is 0. The highest BCUT2D eigenvalue weighted by Gasteiger charge is 2.19. The first kappa shape index (κ1) is 14.5. The number of aromatic nitrogens is 1. The van der Waals surface area contributed by atoms with E-state index in [1.165, 1.54) is 11.0 Å². The van der Waals surface area contributed by atoms with Crippen LogP contribution in [0.5, 0.6) is 0 Å². The zero-order valence-corrected chi connectivity index (χ0v) is 10.8. The lowest BCUT2D eigenvalue weighted by Crippen LogP contribution is -2.30. The molecule has 0 N–H and O–H groups in total. The Kier molecular flexibility index (Phi) is 5.15. The second kappa shape index (κ2) is 6.39. The van der Waals surface area contributed by atoms with Crippen molar-refractivity contribution in [2.45, 2.75) is 6.42 Å². The van der Waals surface area contributed by atoms with Gasteiger partial charge >= 0.3 is 0 Å². The van der Waals surface area contributed by atoms with Gasteiger partial charge in [-0.25, -0.2) is 9.37 Å². The zero-order chi connectivity index (χ0) is 13.7. The number of hydrogen-bond acceptors (Lipinski definition) is 3. The molecule has 0 aromatic carbocycles. The number of pyridine rings is 1. The number of hydrogen-bond donors (Lipinski definition) is 0. The van der Waals surface area contributed by atoms with Gasteiger partial charge in [-0.1, -0.05) is 0 Å². The van der Waals surface area contributed by atoms with Crippen LogP contribution in [0.3, 0.4) is 0 Å². The van der Waals surface area contributed by atoms with E-state index >= 15 is 0 Å². The van der Waals surface area contributed by atoms with Gasteiger partial charge in [0.05, 0.1) is 5.56 Å². The normalized spacial score (nSPS) is 10.8. The van der Waals surface area contributed by atoms with Gasteiger partial charge in [-0.05, 0) is 33.1 Å². The molecule has 18 heavy (non-hydrogen) atoms. The van der Waals surface area contributed by atoms with Crippen LogP contribution in [0.1, 0.15) is 16.8 Å². The molecule has 6 heteroatoms. The molecule has 1 aromatic rings. The summed E-state index contributed by atoms with van der Waals surface area (Å²) in [6.45, 7) is 1.31. The topological polar surface area (TPSA) is 36.4 Å². The number of rotatable bonds is 5. The fourth-order valence-corrected chi connectivity index (χ4v) is 1.51. The minimum absolute atomic E-state index is 0.283. The second-order valence-electron chi connectivity index (χ2n) is 4.35. The van der Waals surface area contributed by atoms with Crippen molar-refractivity contribution < 1.29 is 13.6 Å². The van der Waals surface area contributed by atoms with Gasteiger partial charge in [0, 0.05) is 19.8 Å². The molecule has 0 unspecified atom stereocenters. The predicted octanol–water partition coefficient (Wildman–Crippen LogP) is 1.38. The first-order chi connectivity index (χ1) is 8.43. The summed E-state index contributed by atoms with van der Waals surface area (Å²) < 4.78 is 26.3. The maximum absolute atomic E-state index is 13.4. The van der Waals surface area contributed by atoms with Gasteiger partial charge in [-0.3, -0.25) is 4.79 Å². The van der Waals surface area contributed by atoms with Crippen LogP contribution < -0.4 is 0 Å². The van der Waals surface area contributed by atoms with Gasteiger partial charge in [0.2, 0.25) is 5.95 Å². The Hall–Kier alpha value is -1.56. The van der Waals surface area contributed by atoms with Crippen LogP contribution in [-0.4, -0.2) is 54.9 Å². The van der Waals surface area contributed by atoms with Gasteiger partial charge in [-0.15, -0.1) is 0 Å². The molecule has 0 aliphatic rings. The van der Waals surface area contributed by atoms with E-state index in [1.807, 2.05) is 19.0 Å². The highest BCUT2D eigenvalue weighted by atomic mass is 19.2. The molecule has 0 bridgehead atoms. The fraction of sp³-hybridized carbons (Fsp3) is 0.500. The number of carbonyl (C=O) groups is 1. The molecule has 1 amide bonds. The lowest BCUT2D eigenvalue weighted by atomic mass is 10.2. The number of halogens is 2. The molecular formula is C12H17F2N3O. The van der Waals surface area contributed by atoms with Crippen molar-refractivity contribution in [3.05, 3.63) is 29.6 Å². The highest BCUT2D eigenvalue weighted by Crippen LogP contribution is 2.11. The van der Waals surface area contributed by atoms with Gasteiger partial charge in [0.1, 0.15) is 0 Å². The first-order valence-corrected chi connectivity index (χ1v) is 5.63. The lowest BCUT2D eigenvalue weighted by Gasteiger charge is -2.18. The van der Waals surface area contributed by atoms with Crippen LogP contribution in [0.15, 0.2) is 12.3 Å². The zero-order valence-electron chi connectivity index (χ0n) is 10.8. The van der Waals surface area contributed by atoms with E-state index in [-0.39, 0.29) is 5.56 Å². The van der Waals surface area contributed by atoms with Crippen LogP contribution in [0.25, 0.3) is 0 Å². The summed E-state index contributed by atoms with van der Waals surface area (Å²) in [6.07, 6.45) is 1.85. The van der Waals surface area contributed by atoms with Crippen molar-refractivity contribution in [2.24, 2.45) is 0 Å². The van der Waals surface area contributed by atoms with Crippen LogP contribution in [0.4, 0.5) is 8.78 Å². The van der Waals surface area contributed by atoms with Crippen LogP contribution in [-0.2, 0) is 0 Å². The van der Waals surface area contributed by atoms with E-state index in [4.69, 9.17) is 0 Å². The van der Waals surface area contributed by atoms with E-state index in [2.05, 4.69) is 4.98 Å². The largest absolute Gasteiger partial charge is 0.342 e. The highest BCUT2D eigenvalue weighted by molar-refractivity contribution is 5.94. The Morgan fingerprint density at radius 1 is 1.28 bits per heavy atom. The quantitative estimate of drug-likeness (QED) is 0.748. The molecule has 0 aliphatic carbocycles. The Balaban J connectivity index is 2.66. The Labute approximate surface area is 105 Å². The SMILES string of the molecule is CN(C)CCCN(C)C(=O)c1ccnc(F)c1F. The third kappa shape index (κ3) is 3.73. The molecule has 0 radical (unpaired) electrons. The van der Waals surface area contributed by atoms with Crippen molar-refractivity contribution in [3.8, 4) is 0 Å². The van der Waals surface area contributed by atoms with Crippen LogP contribution in [0.2, 0.25) is 0 Å². The molecule has 1 heterocycles. The van der Waals surface area contributed by atoms with E-state index in [9.17, 15) is 13.6 Å². The van der Waals surface area contributed by atoms with E-state index in [1.54, 1.807) is 7.05 Å². The van der Waals surface area contributed by atoms with E-state index < -0.39 is 17.7 Å². The van der Waals surface area contributed by atoms with Crippen molar-refractivity contribution in [2.75, 3.05) is 34.2 Å². The molecule has 0 spiro atoms. The summed E-state index contributed by atoms with van der Waals surface area (Å²) in [7, 11) is 5.43. The standard InChI is InChI=1S/C12H17F2N3O/c1-16(2)7-4-8-17(3)12(18)9-5-6-15-11(14)10(9)13/h5-6H,4,7-8H2,1-3H3. The number of nitrogens with zero attached hydrogens (tertiary/aromatic N) is 3. The third-order valence-corrected chi connectivity index (χ3v) is 2.52. The van der Waals surface area contributed by atoms with Crippen molar-refractivity contribution >= 4 is 5.91 Å². The molecule has 0 saturated heterocycles. The monoisotopic (exact) mass is 257 g/mol. The maximum Gasteiger partial charge on any atom is 0.256 e. The molecule has 0 aliphatic heterocycles. The minimum Gasteiger partial charge on any atom is -0.342 e. The Bertz CT molecular complexity index is 424. The van der Waals surface area contributed by atoms with Crippen molar-refractivity contribution in [1.82, 2.24) is 14.8 Å². The molecule has 4 nitrogen and oxygen atoms in total. The average Bonchev–Trinajstić information content (AvgIpc) is 2.31. The molecule has 1 rings (SSSR count). The van der Waals surface area contributed by atoms with Crippen LogP contribution in [0, 0.1) is 11.8 Å². The third-order valence-electron chi connectivity index (χ3n) is 2.52.